The molecule has 0 aliphatic carbocycles. The Morgan fingerprint density at radius 1 is 1.26 bits per heavy atom. The molecule has 0 fully saturated rings. The molecule has 1 aromatic heterocycles. The number of hydrogen-bond donors (Lipinski definition) is 1. The molecule has 1 aliphatic rings. The lowest BCUT2D eigenvalue weighted by Gasteiger charge is -2.10. The number of ether oxygens (including phenoxy) is 1. The van der Waals surface area contributed by atoms with Crippen molar-refractivity contribution < 1.29 is 17.5 Å². The molecule has 0 bridgehead atoms. The molecule has 140 valence electrons. The third-order valence-corrected chi connectivity index (χ3v) is 5.88. The molecule has 2 heterocycles. The van der Waals surface area contributed by atoms with Crippen molar-refractivity contribution in [2.45, 2.75) is 31.3 Å². The highest BCUT2D eigenvalue weighted by molar-refractivity contribution is 7.92. The SMILES string of the molecule is Cc1c(NS(=O)(=O)c2ccc3c(c2)C[C@@H](C)O3)cnn1-c1ccccc1F. The van der Waals surface area contributed by atoms with E-state index in [0.29, 0.717) is 23.6 Å². The Labute approximate surface area is 156 Å². The van der Waals surface area contributed by atoms with E-state index < -0.39 is 15.8 Å². The van der Waals surface area contributed by atoms with Crippen molar-refractivity contribution in [1.29, 1.82) is 0 Å². The summed E-state index contributed by atoms with van der Waals surface area (Å²) in [7, 11) is -3.81. The van der Waals surface area contributed by atoms with Crippen molar-refractivity contribution in [2.24, 2.45) is 0 Å². The summed E-state index contributed by atoms with van der Waals surface area (Å²) < 4.78 is 49.1. The molecule has 0 amide bonds. The number of fused-ring (bicyclic) bond motifs is 1. The predicted octanol–water partition coefficient (Wildman–Crippen LogP) is 3.44. The van der Waals surface area contributed by atoms with Gasteiger partial charge in [-0.2, -0.15) is 5.10 Å². The number of nitrogens with one attached hydrogen (secondary N) is 1. The lowest BCUT2D eigenvalue weighted by Crippen LogP contribution is -2.14. The molecule has 1 N–H and O–H groups in total. The van der Waals surface area contributed by atoms with Gasteiger partial charge < -0.3 is 4.74 Å². The van der Waals surface area contributed by atoms with Crippen LogP contribution in [0.15, 0.2) is 53.6 Å². The third kappa shape index (κ3) is 3.16. The number of rotatable bonds is 4. The lowest BCUT2D eigenvalue weighted by molar-refractivity contribution is 0.254. The van der Waals surface area contributed by atoms with Gasteiger partial charge in [0.05, 0.1) is 22.5 Å². The second-order valence-corrected chi connectivity index (χ2v) is 8.20. The van der Waals surface area contributed by atoms with E-state index in [-0.39, 0.29) is 16.7 Å². The average Bonchev–Trinajstić information content (AvgIpc) is 3.16. The minimum Gasteiger partial charge on any atom is -0.490 e. The molecular formula is C19H18FN3O3S. The van der Waals surface area contributed by atoms with Gasteiger partial charge in [-0.3, -0.25) is 4.72 Å². The monoisotopic (exact) mass is 387 g/mol. The first-order valence-corrected chi connectivity index (χ1v) is 9.95. The highest BCUT2D eigenvalue weighted by Crippen LogP contribution is 2.31. The molecule has 1 aliphatic heterocycles. The number of halogens is 1. The fourth-order valence-electron chi connectivity index (χ4n) is 3.15. The number of aromatic nitrogens is 2. The molecular weight excluding hydrogens is 369 g/mol. The van der Waals surface area contributed by atoms with Gasteiger partial charge in [-0.15, -0.1) is 0 Å². The fraction of sp³-hybridized carbons (Fsp3) is 0.211. The number of benzene rings is 2. The predicted molar refractivity (Wildman–Crippen MR) is 99.3 cm³/mol. The maximum absolute atomic E-state index is 14.0. The zero-order valence-corrected chi connectivity index (χ0v) is 15.6. The number of para-hydroxylation sites is 1. The molecule has 27 heavy (non-hydrogen) atoms. The smallest absolute Gasteiger partial charge is 0.262 e. The number of hydrogen-bond acceptors (Lipinski definition) is 4. The second-order valence-electron chi connectivity index (χ2n) is 6.51. The Kier molecular flexibility index (Phi) is 4.15. The Morgan fingerprint density at radius 2 is 2.04 bits per heavy atom. The van der Waals surface area contributed by atoms with Gasteiger partial charge in [0.25, 0.3) is 10.0 Å². The maximum Gasteiger partial charge on any atom is 0.262 e. The van der Waals surface area contributed by atoms with Crippen LogP contribution in [0.4, 0.5) is 10.1 Å². The Hall–Kier alpha value is -2.87. The maximum atomic E-state index is 14.0. The van der Waals surface area contributed by atoms with E-state index in [4.69, 9.17) is 4.74 Å². The number of nitrogens with zero attached hydrogens (tertiary/aromatic N) is 2. The van der Waals surface area contributed by atoms with Crippen LogP contribution >= 0.6 is 0 Å². The molecule has 0 spiro atoms. The van der Waals surface area contributed by atoms with Gasteiger partial charge in [0.2, 0.25) is 0 Å². The third-order valence-electron chi connectivity index (χ3n) is 4.51. The van der Waals surface area contributed by atoms with Crippen molar-refractivity contribution in [2.75, 3.05) is 4.72 Å². The van der Waals surface area contributed by atoms with Crippen LogP contribution in [0.2, 0.25) is 0 Å². The van der Waals surface area contributed by atoms with Crippen LogP contribution in [0.5, 0.6) is 5.75 Å². The van der Waals surface area contributed by atoms with E-state index in [0.717, 1.165) is 5.56 Å². The highest BCUT2D eigenvalue weighted by atomic mass is 32.2. The van der Waals surface area contributed by atoms with E-state index in [1.165, 1.54) is 23.0 Å². The van der Waals surface area contributed by atoms with Crippen molar-refractivity contribution >= 4 is 15.7 Å². The molecule has 1 atom stereocenters. The second kappa shape index (κ2) is 6.38. The van der Waals surface area contributed by atoms with Gasteiger partial charge in [0.1, 0.15) is 23.4 Å². The Balaban J connectivity index is 1.65. The molecule has 0 unspecified atom stereocenters. The molecule has 0 saturated carbocycles. The van der Waals surface area contributed by atoms with Crippen LogP contribution in [0.3, 0.4) is 0 Å². The molecule has 8 heteroatoms. The molecule has 2 aromatic carbocycles. The lowest BCUT2D eigenvalue weighted by atomic mass is 10.1. The molecule has 4 rings (SSSR count). The van der Waals surface area contributed by atoms with Crippen LogP contribution < -0.4 is 9.46 Å². The molecule has 0 saturated heterocycles. The summed E-state index contributed by atoms with van der Waals surface area (Å²) in [5.41, 5.74) is 1.90. The van der Waals surface area contributed by atoms with Gasteiger partial charge in [-0.1, -0.05) is 12.1 Å². The van der Waals surface area contributed by atoms with Crippen LogP contribution in [0.25, 0.3) is 5.69 Å². The summed E-state index contributed by atoms with van der Waals surface area (Å²) in [6.07, 6.45) is 2.08. The Morgan fingerprint density at radius 3 is 2.81 bits per heavy atom. The largest absolute Gasteiger partial charge is 0.490 e. The molecule has 6 nitrogen and oxygen atoms in total. The van der Waals surface area contributed by atoms with Crippen molar-refractivity contribution in [1.82, 2.24) is 9.78 Å². The summed E-state index contributed by atoms with van der Waals surface area (Å²) in [5.74, 6) is 0.274. The topological polar surface area (TPSA) is 73.2 Å². The minimum absolute atomic E-state index is 0.0344. The summed E-state index contributed by atoms with van der Waals surface area (Å²) in [6.45, 7) is 3.61. The van der Waals surface area contributed by atoms with E-state index >= 15 is 0 Å². The average molecular weight is 387 g/mol. The first-order chi connectivity index (χ1) is 12.8. The summed E-state index contributed by atoms with van der Waals surface area (Å²) in [6, 6.07) is 11.0. The standard InChI is InChI=1S/C19H18FN3O3S/c1-12-9-14-10-15(7-8-19(14)26-12)27(24,25)22-17-11-21-23(13(17)2)18-6-4-3-5-16(18)20/h3-8,10-12,22H,9H2,1-2H3/t12-/m1/s1. The summed E-state index contributed by atoms with van der Waals surface area (Å²) >= 11 is 0. The zero-order chi connectivity index (χ0) is 19.2. The minimum atomic E-state index is -3.81. The van der Waals surface area contributed by atoms with Gasteiger partial charge in [-0.05, 0) is 49.7 Å². The van der Waals surface area contributed by atoms with Gasteiger partial charge in [0.15, 0.2) is 0 Å². The quantitative estimate of drug-likeness (QED) is 0.744. The van der Waals surface area contributed by atoms with Gasteiger partial charge >= 0.3 is 0 Å². The Bertz CT molecular complexity index is 1120. The summed E-state index contributed by atoms with van der Waals surface area (Å²) in [4.78, 5) is 0.150. The fourth-order valence-corrected chi connectivity index (χ4v) is 4.30. The van der Waals surface area contributed by atoms with Crippen LogP contribution in [-0.2, 0) is 16.4 Å². The van der Waals surface area contributed by atoms with Gasteiger partial charge in [-0.25, -0.2) is 17.5 Å². The van der Waals surface area contributed by atoms with Crippen LogP contribution in [-0.4, -0.2) is 24.3 Å². The number of sulfonamides is 1. The zero-order valence-electron chi connectivity index (χ0n) is 14.8. The van der Waals surface area contributed by atoms with Crippen molar-refractivity contribution in [3.05, 3.63) is 65.7 Å². The first-order valence-electron chi connectivity index (χ1n) is 8.47. The summed E-state index contributed by atoms with van der Waals surface area (Å²) in [5, 5.41) is 4.12. The molecule has 3 aromatic rings. The van der Waals surface area contributed by atoms with E-state index in [9.17, 15) is 12.8 Å². The van der Waals surface area contributed by atoms with Crippen LogP contribution in [0, 0.1) is 12.7 Å². The van der Waals surface area contributed by atoms with Gasteiger partial charge in [0, 0.05) is 6.42 Å². The normalized spacial score (nSPS) is 16.0. The number of anilines is 1. The first kappa shape index (κ1) is 17.5. The van der Waals surface area contributed by atoms with E-state index in [2.05, 4.69) is 9.82 Å². The van der Waals surface area contributed by atoms with E-state index in [1.807, 2.05) is 6.92 Å². The van der Waals surface area contributed by atoms with E-state index in [1.54, 1.807) is 37.3 Å². The van der Waals surface area contributed by atoms with Crippen molar-refractivity contribution in [3.8, 4) is 11.4 Å². The molecule has 0 radical (unpaired) electrons. The van der Waals surface area contributed by atoms with Crippen molar-refractivity contribution in [3.63, 3.8) is 0 Å². The van der Waals surface area contributed by atoms with Crippen LogP contribution in [0.1, 0.15) is 18.2 Å². The highest BCUT2D eigenvalue weighted by Gasteiger charge is 2.24.